The number of benzene rings is 2. The van der Waals surface area contributed by atoms with Crippen LogP contribution in [0.4, 0.5) is 0 Å². The summed E-state index contributed by atoms with van der Waals surface area (Å²) in [5, 5.41) is 0. The van der Waals surface area contributed by atoms with Crippen molar-refractivity contribution in [1.82, 2.24) is 4.57 Å². The van der Waals surface area contributed by atoms with E-state index in [0.29, 0.717) is 31.9 Å². The monoisotopic (exact) mass is 544 g/mol. The van der Waals surface area contributed by atoms with Crippen molar-refractivity contribution in [2.75, 3.05) is 13.7 Å². The quantitative estimate of drug-likeness (QED) is 0.258. The largest absolute Gasteiger partial charge is 0.493 e. The van der Waals surface area contributed by atoms with Crippen molar-refractivity contribution in [3.05, 3.63) is 115 Å². The number of hydrogen-bond donors (Lipinski definition) is 0. The first-order valence-electron chi connectivity index (χ1n) is 12.1. The van der Waals surface area contributed by atoms with E-state index in [9.17, 15) is 14.4 Å². The van der Waals surface area contributed by atoms with Crippen molar-refractivity contribution in [3.63, 3.8) is 0 Å². The van der Waals surface area contributed by atoms with E-state index in [1.807, 2.05) is 30.3 Å². The Morgan fingerprint density at radius 2 is 1.87 bits per heavy atom. The van der Waals surface area contributed by atoms with Crippen molar-refractivity contribution in [3.8, 4) is 11.5 Å². The van der Waals surface area contributed by atoms with Crippen LogP contribution in [0.1, 0.15) is 41.6 Å². The standard InChI is InChI=1S/C29H24N2O7S/c1-4-36-28(34)24-17(2)30-29-31(25(24)19-9-6-5-7-10-19)26(32)23(39-29)16-18-12-13-20(22(15-18)35-3)38-27(33)21-11-8-14-37-21/h5-16,25H,4H2,1-3H3/b23-16-/t25-/m1/s1. The van der Waals surface area contributed by atoms with Crippen molar-refractivity contribution >= 4 is 29.4 Å². The molecular formula is C29H24N2O7S. The molecule has 198 valence electrons. The van der Waals surface area contributed by atoms with E-state index in [4.69, 9.17) is 18.6 Å². The number of thiazole rings is 1. The van der Waals surface area contributed by atoms with Gasteiger partial charge < -0.3 is 18.6 Å². The minimum Gasteiger partial charge on any atom is -0.493 e. The fourth-order valence-corrected chi connectivity index (χ4v) is 5.34. The first-order valence-corrected chi connectivity index (χ1v) is 12.9. The lowest BCUT2D eigenvalue weighted by atomic mass is 9.96. The van der Waals surface area contributed by atoms with Gasteiger partial charge in [0.05, 0.1) is 41.8 Å². The molecule has 1 aliphatic rings. The highest BCUT2D eigenvalue weighted by Gasteiger charge is 2.33. The average molecular weight is 545 g/mol. The summed E-state index contributed by atoms with van der Waals surface area (Å²) in [6.45, 7) is 3.68. The lowest BCUT2D eigenvalue weighted by Gasteiger charge is -2.24. The van der Waals surface area contributed by atoms with Crippen LogP contribution in [0, 0.1) is 0 Å². The minimum absolute atomic E-state index is 0.0627. The molecule has 39 heavy (non-hydrogen) atoms. The van der Waals surface area contributed by atoms with E-state index < -0.39 is 18.0 Å². The molecule has 0 spiro atoms. The van der Waals surface area contributed by atoms with Crippen molar-refractivity contribution < 1.29 is 28.2 Å². The van der Waals surface area contributed by atoms with Crippen LogP contribution in [0.15, 0.2) is 92.4 Å². The van der Waals surface area contributed by atoms with Gasteiger partial charge in [-0.2, -0.15) is 0 Å². The highest BCUT2D eigenvalue weighted by molar-refractivity contribution is 7.07. The SMILES string of the molecule is CCOC(=O)C1=C(C)N=c2s/c(=C\c3ccc(OC(=O)c4ccco4)c(OC)c3)c(=O)n2[C@@H]1c1ccccc1. The molecule has 2 aromatic carbocycles. The lowest BCUT2D eigenvalue weighted by Crippen LogP contribution is -2.39. The molecule has 1 atom stereocenters. The van der Waals surface area contributed by atoms with Gasteiger partial charge in [0, 0.05) is 0 Å². The molecule has 3 heterocycles. The van der Waals surface area contributed by atoms with Crippen LogP contribution in [0.5, 0.6) is 11.5 Å². The smallest absolute Gasteiger partial charge is 0.379 e. The topological polar surface area (TPSA) is 109 Å². The highest BCUT2D eigenvalue weighted by atomic mass is 32.1. The predicted molar refractivity (Wildman–Crippen MR) is 144 cm³/mol. The second-order valence-electron chi connectivity index (χ2n) is 8.49. The Morgan fingerprint density at radius 3 is 2.56 bits per heavy atom. The Labute approximate surface area is 226 Å². The third kappa shape index (κ3) is 5.06. The lowest BCUT2D eigenvalue weighted by molar-refractivity contribution is -0.139. The predicted octanol–water partition coefficient (Wildman–Crippen LogP) is 3.62. The number of carbonyl (C=O) groups excluding carboxylic acids is 2. The van der Waals surface area contributed by atoms with Gasteiger partial charge >= 0.3 is 11.9 Å². The van der Waals surface area contributed by atoms with Gasteiger partial charge in [0.2, 0.25) is 5.76 Å². The van der Waals surface area contributed by atoms with Crippen LogP contribution < -0.4 is 24.4 Å². The first-order chi connectivity index (χ1) is 18.9. The highest BCUT2D eigenvalue weighted by Crippen LogP contribution is 2.31. The molecule has 0 fully saturated rings. The minimum atomic E-state index is -0.679. The summed E-state index contributed by atoms with van der Waals surface area (Å²) in [4.78, 5) is 44.0. The van der Waals surface area contributed by atoms with Gasteiger partial charge in [-0.1, -0.05) is 47.7 Å². The number of hydrogen-bond acceptors (Lipinski definition) is 9. The number of esters is 2. The van der Waals surface area contributed by atoms with E-state index in [-0.39, 0.29) is 23.7 Å². The third-order valence-corrected chi connectivity index (χ3v) is 7.03. The number of furan rings is 1. The third-order valence-electron chi connectivity index (χ3n) is 6.04. The van der Waals surface area contributed by atoms with Crippen LogP contribution in [0.25, 0.3) is 6.08 Å². The average Bonchev–Trinajstić information content (AvgIpc) is 3.58. The maximum absolute atomic E-state index is 13.7. The van der Waals surface area contributed by atoms with Crippen LogP contribution in [-0.4, -0.2) is 30.2 Å². The second kappa shape index (κ2) is 11.0. The molecule has 0 saturated carbocycles. The fraction of sp³-hybridized carbons (Fsp3) is 0.172. The zero-order valence-electron chi connectivity index (χ0n) is 21.4. The molecule has 1 aliphatic heterocycles. The Kier molecular flexibility index (Phi) is 7.29. The second-order valence-corrected chi connectivity index (χ2v) is 9.50. The van der Waals surface area contributed by atoms with Crippen molar-refractivity contribution in [2.24, 2.45) is 4.99 Å². The molecule has 0 aliphatic carbocycles. The van der Waals surface area contributed by atoms with Crippen LogP contribution in [0.2, 0.25) is 0 Å². The number of allylic oxidation sites excluding steroid dienone is 1. The zero-order valence-corrected chi connectivity index (χ0v) is 22.2. The Morgan fingerprint density at radius 1 is 1.08 bits per heavy atom. The summed E-state index contributed by atoms with van der Waals surface area (Å²) in [7, 11) is 1.46. The summed E-state index contributed by atoms with van der Waals surface area (Å²) >= 11 is 1.22. The number of methoxy groups -OCH3 is 1. The molecule has 4 aromatic rings. The molecule has 0 unspecified atom stereocenters. The number of rotatable bonds is 7. The molecule has 10 heteroatoms. The molecule has 0 bridgehead atoms. The zero-order chi connectivity index (χ0) is 27.5. The Hall–Kier alpha value is -4.70. The number of carbonyl (C=O) groups is 2. The van der Waals surface area contributed by atoms with E-state index in [1.54, 1.807) is 44.2 Å². The maximum atomic E-state index is 13.7. The molecule has 9 nitrogen and oxygen atoms in total. The fourth-order valence-electron chi connectivity index (χ4n) is 4.30. The van der Waals surface area contributed by atoms with E-state index in [1.165, 1.54) is 35.3 Å². The van der Waals surface area contributed by atoms with Gasteiger partial charge in [-0.25, -0.2) is 14.6 Å². The number of aromatic nitrogens is 1. The van der Waals surface area contributed by atoms with Gasteiger partial charge in [-0.15, -0.1) is 0 Å². The van der Waals surface area contributed by atoms with Gasteiger partial charge in [0.15, 0.2) is 16.3 Å². The van der Waals surface area contributed by atoms with Gasteiger partial charge in [-0.3, -0.25) is 9.36 Å². The summed E-state index contributed by atoms with van der Waals surface area (Å²) < 4.78 is 23.2. The molecule has 0 amide bonds. The summed E-state index contributed by atoms with van der Waals surface area (Å²) in [5.74, 6) is -0.595. The van der Waals surface area contributed by atoms with Crippen LogP contribution in [0.3, 0.4) is 0 Å². The number of fused-ring (bicyclic) bond motifs is 1. The summed E-state index contributed by atoms with van der Waals surface area (Å²) in [5.41, 5.74) is 1.94. The summed E-state index contributed by atoms with van der Waals surface area (Å²) in [6, 6.07) is 16.7. The first kappa shape index (κ1) is 25.9. The van der Waals surface area contributed by atoms with Gasteiger partial charge in [0.25, 0.3) is 5.56 Å². The van der Waals surface area contributed by atoms with E-state index >= 15 is 0 Å². The maximum Gasteiger partial charge on any atom is 0.379 e. The van der Waals surface area contributed by atoms with Crippen LogP contribution >= 0.6 is 11.3 Å². The normalized spacial score (nSPS) is 14.9. The van der Waals surface area contributed by atoms with Crippen molar-refractivity contribution in [2.45, 2.75) is 19.9 Å². The molecular weight excluding hydrogens is 520 g/mol. The summed E-state index contributed by atoms with van der Waals surface area (Å²) in [6.07, 6.45) is 3.09. The van der Waals surface area contributed by atoms with Crippen LogP contribution in [-0.2, 0) is 9.53 Å². The van der Waals surface area contributed by atoms with E-state index in [2.05, 4.69) is 4.99 Å². The van der Waals surface area contributed by atoms with E-state index in [0.717, 1.165) is 5.56 Å². The Balaban J connectivity index is 1.57. The van der Waals surface area contributed by atoms with Crippen molar-refractivity contribution in [1.29, 1.82) is 0 Å². The molecule has 0 saturated heterocycles. The number of nitrogens with zero attached hydrogens (tertiary/aromatic N) is 2. The van der Waals surface area contributed by atoms with Gasteiger partial charge in [0.1, 0.15) is 0 Å². The molecule has 0 radical (unpaired) electrons. The Bertz CT molecular complexity index is 1750. The molecule has 5 rings (SSSR count). The van der Waals surface area contributed by atoms with Gasteiger partial charge in [-0.05, 0) is 55.3 Å². The molecule has 0 N–H and O–H groups in total. The number of ether oxygens (including phenoxy) is 3. The molecule has 2 aromatic heterocycles.